The van der Waals surface area contributed by atoms with Gasteiger partial charge in [0.25, 0.3) is 0 Å². The molecule has 1 aromatic carbocycles. The van der Waals surface area contributed by atoms with Crippen LogP contribution in [0.1, 0.15) is 12.0 Å². The quantitative estimate of drug-likeness (QED) is 0.883. The third-order valence-corrected chi connectivity index (χ3v) is 3.59. The molecule has 0 unspecified atom stereocenters. The lowest BCUT2D eigenvalue weighted by Crippen LogP contribution is -2.44. The van der Waals surface area contributed by atoms with Crippen LogP contribution >= 0.6 is 0 Å². The van der Waals surface area contributed by atoms with E-state index in [1.165, 1.54) is 6.07 Å². The van der Waals surface area contributed by atoms with Gasteiger partial charge in [-0.15, -0.1) is 0 Å². The van der Waals surface area contributed by atoms with E-state index in [9.17, 15) is 9.50 Å². The molecule has 1 aliphatic heterocycles. The summed E-state index contributed by atoms with van der Waals surface area (Å²) in [6, 6.07) is 4.74. The molecule has 100 valence electrons. The number of hydrogen-bond donors (Lipinski definition) is 1. The lowest BCUT2D eigenvalue weighted by Gasteiger charge is -2.32. The number of rotatable bonds is 4. The highest BCUT2D eigenvalue weighted by molar-refractivity contribution is 5.33. The fourth-order valence-electron chi connectivity index (χ4n) is 2.33. The molecule has 1 heterocycles. The molecule has 18 heavy (non-hydrogen) atoms. The first-order valence-electron chi connectivity index (χ1n) is 6.54. The van der Waals surface area contributed by atoms with E-state index in [1.54, 1.807) is 12.1 Å². The molecule has 1 saturated heterocycles. The minimum atomic E-state index is -0.521. The standard InChI is InChI=1S/C14H21FN2O/c1-16-8-10-17(11-9-16)7-3-5-12-4-2-6-13(15)14(12)18/h2,4,6,18H,3,5,7-11H2,1H3. The van der Waals surface area contributed by atoms with Gasteiger partial charge in [-0.25, -0.2) is 4.39 Å². The first-order valence-corrected chi connectivity index (χ1v) is 6.54. The molecule has 1 aromatic rings. The van der Waals surface area contributed by atoms with Crippen LogP contribution in [0.15, 0.2) is 18.2 Å². The van der Waals surface area contributed by atoms with Gasteiger partial charge in [-0.2, -0.15) is 0 Å². The highest BCUT2D eigenvalue weighted by Gasteiger charge is 2.13. The Labute approximate surface area is 108 Å². The predicted octanol–water partition coefficient (Wildman–Crippen LogP) is 1.71. The number of nitrogens with zero attached hydrogens (tertiary/aromatic N) is 2. The Kier molecular flexibility index (Phi) is 4.55. The SMILES string of the molecule is CN1CCN(CCCc2cccc(F)c2O)CC1. The molecule has 1 fully saturated rings. The fraction of sp³-hybridized carbons (Fsp3) is 0.571. The number of para-hydroxylation sites is 1. The summed E-state index contributed by atoms with van der Waals surface area (Å²) in [4.78, 5) is 4.76. The summed E-state index contributed by atoms with van der Waals surface area (Å²) < 4.78 is 13.1. The lowest BCUT2D eigenvalue weighted by atomic mass is 10.1. The zero-order chi connectivity index (χ0) is 13.0. The van der Waals surface area contributed by atoms with Crippen LogP contribution in [0.2, 0.25) is 0 Å². The van der Waals surface area contributed by atoms with E-state index in [4.69, 9.17) is 0 Å². The van der Waals surface area contributed by atoms with Crippen molar-refractivity contribution in [2.45, 2.75) is 12.8 Å². The second-order valence-corrected chi connectivity index (χ2v) is 5.00. The summed E-state index contributed by atoms with van der Waals surface area (Å²) in [6.07, 6.45) is 1.69. The number of hydrogen-bond acceptors (Lipinski definition) is 3. The van der Waals surface area contributed by atoms with Gasteiger partial charge < -0.3 is 14.9 Å². The third kappa shape index (κ3) is 3.43. The van der Waals surface area contributed by atoms with Crippen molar-refractivity contribution in [2.75, 3.05) is 39.8 Å². The number of halogens is 1. The van der Waals surface area contributed by atoms with Gasteiger partial charge in [-0.05, 0) is 38.1 Å². The Balaban J connectivity index is 1.77. The number of phenolic OH excluding ortho intramolecular Hbond substituents is 1. The Bertz CT molecular complexity index is 389. The molecule has 0 atom stereocenters. The molecule has 0 radical (unpaired) electrons. The van der Waals surface area contributed by atoms with Gasteiger partial charge >= 0.3 is 0 Å². The molecule has 0 aromatic heterocycles. The van der Waals surface area contributed by atoms with Crippen molar-refractivity contribution in [3.63, 3.8) is 0 Å². The van der Waals surface area contributed by atoms with Crippen molar-refractivity contribution >= 4 is 0 Å². The van der Waals surface area contributed by atoms with Crippen LogP contribution in [0.5, 0.6) is 5.75 Å². The molecular formula is C14H21FN2O. The van der Waals surface area contributed by atoms with Crippen LogP contribution in [-0.2, 0) is 6.42 Å². The second kappa shape index (κ2) is 6.16. The molecule has 0 saturated carbocycles. The molecule has 0 amide bonds. The van der Waals surface area contributed by atoms with E-state index in [1.807, 2.05) is 0 Å². The predicted molar refractivity (Wildman–Crippen MR) is 70.3 cm³/mol. The maximum absolute atomic E-state index is 13.1. The van der Waals surface area contributed by atoms with Crippen molar-refractivity contribution in [1.29, 1.82) is 0 Å². The van der Waals surface area contributed by atoms with Crippen LogP contribution in [0.25, 0.3) is 0 Å². The minimum absolute atomic E-state index is 0.184. The first-order chi connectivity index (χ1) is 8.66. The fourth-order valence-corrected chi connectivity index (χ4v) is 2.33. The summed E-state index contributed by atoms with van der Waals surface area (Å²) >= 11 is 0. The van der Waals surface area contributed by atoms with Crippen LogP contribution in [0.4, 0.5) is 4.39 Å². The average molecular weight is 252 g/mol. The highest BCUT2D eigenvalue weighted by atomic mass is 19.1. The van der Waals surface area contributed by atoms with E-state index in [-0.39, 0.29) is 5.75 Å². The van der Waals surface area contributed by atoms with E-state index in [0.717, 1.165) is 45.6 Å². The normalized spacial score (nSPS) is 18.1. The maximum atomic E-state index is 13.1. The van der Waals surface area contributed by atoms with Crippen molar-refractivity contribution in [1.82, 2.24) is 9.80 Å². The van der Waals surface area contributed by atoms with Crippen LogP contribution < -0.4 is 0 Å². The Morgan fingerprint density at radius 2 is 1.94 bits per heavy atom. The molecule has 0 bridgehead atoms. The zero-order valence-corrected chi connectivity index (χ0v) is 10.9. The number of phenols is 1. The van der Waals surface area contributed by atoms with Gasteiger partial charge in [0.05, 0.1) is 0 Å². The zero-order valence-electron chi connectivity index (χ0n) is 10.9. The number of aryl methyl sites for hydroxylation is 1. The van der Waals surface area contributed by atoms with Gasteiger partial charge in [0, 0.05) is 26.2 Å². The summed E-state index contributed by atoms with van der Waals surface area (Å²) in [6.45, 7) is 5.46. The van der Waals surface area contributed by atoms with Gasteiger partial charge in [-0.1, -0.05) is 12.1 Å². The van der Waals surface area contributed by atoms with E-state index in [2.05, 4.69) is 16.8 Å². The van der Waals surface area contributed by atoms with E-state index >= 15 is 0 Å². The van der Waals surface area contributed by atoms with Crippen molar-refractivity contribution in [3.05, 3.63) is 29.6 Å². The summed E-state index contributed by atoms with van der Waals surface area (Å²) in [7, 11) is 2.14. The summed E-state index contributed by atoms with van der Waals surface area (Å²) in [5.41, 5.74) is 0.712. The van der Waals surface area contributed by atoms with E-state index in [0.29, 0.717) is 5.56 Å². The molecule has 1 N–H and O–H groups in total. The number of likely N-dealkylation sites (N-methyl/N-ethyl adjacent to an activating group) is 1. The average Bonchev–Trinajstić information content (AvgIpc) is 2.37. The Morgan fingerprint density at radius 3 is 2.67 bits per heavy atom. The smallest absolute Gasteiger partial charge is 0.165 e. The largest absolute Gasteiger partial charge is 0.505 e. The number of benzene rings is 1. The van der Waals surface area contributed by atoms with Gasteiger partial charge in [0.1, 0.15) is 0 Å². The van der Waals surface area contributed by atoms with Gasteiger partial charge in [0.2, 0.25) is 0 Å². The summed E-state index contributed by atoms with van der Waals surface area (Å²) in [5.74, 6) is -0.706. The Morgan fingerprint density at radius 1 is 1.22 bits per heavy atom. The molecule has 0 aliphatic carbocycles. The molecule has 4 heteroatoms. The molecule has 3 nitrogen and oxygen atoms in total. The lowest BCUT2D eigenvalue weighted by molar-refractivity contribution is 0.153. The number of piperazine rings is 1. The van der Waals surface area contributed by atoms with Crippen LogP contribution in [-0.4, -0.2) is 54.7 Å². The van der Waals surface area contributed by atoms with Gasteiger partial charge in [-0.3, -0.25) is 0 Å². The number of aromatic hydroxyl groups is 1. The van der Waals surface area contributed by atoms with E-state index < -0.39 is 5.82 Å². The third-order valence-electron chi connectivity index (χ3n) is 3.59. The van der Waals surface area contributed by atoms with Crippen LogP contribution in [0.3, 0.4) is 0 Å². The highest BCUT2D eigenvalue weighted by Crippen LogP contribution is 2.21. The van der Waals surface area contributed by atoms with Crippen LogP contribution in [0, 0.1) is 5.82 Å². The molecule has 0 spiro atoms. The summed E-state index contributed by atoms with van der Waals surface area (Å²) in [5, 5.41) is 9.57. The molecule has 2 rings (SSSR count). The van der Waals surface area contributed by atoms with Crippen molar-refractivity contribution < 1.29 is 9.50 Å². The maximum Gasteiger partial charge on any atom is 0.165 e. The topological polar surface area (TPSA) is 26.7 Å². The minimum Gasteiger partial charge on any atom is -0.505 e. The van der Waals surface area contributed by atoms with Crippen molar-refractivity contribution in [2.24, 2.45) is 0 Å². The first kappa shape index (κ1) is 13.3. The van der Waals surface area contributed by atoms with Gasteiger partial charge in [0.15, 0.2) is 11.6 Å². The second-order valence-electron chi connectivity index (χ2n) is 5.00. The monoisotopic (exact) mass is 252 g/mol. The molecule has 1 aliphatic rings. The Hall–Kier alpha value is -1.13. The van der Waals surface area contributed by atoms with Crippen molar-refractivity contribution in [3.8, 4) is 5.75 Å². The molecular weight excluding hydrogens is 231 g/mol.